The summed E-state index contributed by atoms with van der Waals surface area (Å²) in [5, 5.41) is 2.87. The Morgan fingerprint density at radius 3 is 2.35 bits per heavy atom. The van der Waals surface area contributed by atoms with Crippen molar-refractivity contribution < 1.29 is 9.59 Å². The number of thioether (sulfide) groups is 1. The van der Waals surface area contributed by atoms with E-state index in [9.17, 15) is 9.59 Å². The van der Waals surface area contributed by atoms with Crippen LogP contribution < -0.4 is 10.2 Å². The number of rotatable bonds is 4. The highest BCUT2D eigenvalue weighted by Crippen LogP contribution is 2.22. The third-order valence-corrected chi connectivity index (χ3v) is 5.19. The summed E-state index contributed by atoms with van der Waals surface area (Å²) in [5.41, 5.74) is 2.00. The molecular weight excluding hydrogens is 310 g/mol. The number of amides is 2. The first-order valence-electron chi connectivity index (χ1n) is 8.29. The van der Waals surface area contributed by atoms with Gasteiger partial charge in [-0.15, -0.1) is 0 Å². The molecule has 2 heterocycles. The molecule has 124 valence electrons. The SMILES string of the molecule is O=C(CN1CCSC1=O)Nc1ccc(N2CCCCCC2)cc1. The monoisotopic (exact) mass is 333 g/mol. The molecule has 0 saturated carbocycles. The second-order valence-corrected chi connectivity index (χ2v) is 7.08. The van der Waals surface area contributed by atoms with Gasteiger partial charge in [-0.05, 0) is 37.1 Å². The number of carbonyl (C=O) groups excluding carboxylic acids is 2. The smallest absolute Gasteiger partial charge is 0.282 e. The van der Waals surface area contributed by atoms with Crippen LogP contribution in [0.1, 0.15) is 25.7 Å². The summed E-state index contributed by atoms with van der Waals surface area (Å²) >= 11 is 1.27. The van der Waals surface area contributed by atoms with Gasteiger partial charge in [0, 0.05) is 36.8 Å². The van der Waals surface area contributed by atoms with Crippen LogP contribution in [-0.2, 0) is 4.79 Å². The van der Waals surface area contributed by atoms with Crippen molar-refractivity contribution in [3.63, 3.8) is 0 Å². The fourth-order valence-electron chi connectivity index (χ4n) is 3.03. The van der Waals surface area contributed by atoms with Gasteiger partial charge in [0.1, 0.15) is 6.54 Å². The van der Waals surface area contributed by atoms with Crippen LogP contribution in [0.4, 0.5) is 16.2 Å². The van der Waals surface area contributed by atoms with Crippen molar-refractivity contribution >= 4 is 34.3 Å². The highest BCUT2D eigenvalue weighted by molar-refractivity contribution is 8.13. The van der Waals surface area contributed by atoms with Crippen molar-refractivity contribution in [2.75, 3.05) is 42.1 Å². The standard InChI is InChI=1S/C17H23N3O2S/c21-16(13-20-11-12-23-17(20)22)18-14-5-7-15(8-6-14)19-9-3-1-2-4-10-19/h5-8H,1-4,9-13H2,(H,18,21). The summed E-state index contributed by atoms with van der Waals surface area (Å²) in [6.07, 6.45) is 5.14. The normalized spacial score (nSPS) is 18.9. The summed E-state index contributed by atoms with van der Waals surface area (Å²) in [7, 11) is 0. The molecule has 5 nitrogen and oxygen atoms in total. The minimum atomic E-state index is -0.136. The van der Waals surface area contributed by atoms with E-state index < -0.39 is 0 Å². The maximum absolute atomic E-state index is 12.0. The van der Waals surface area contributed by atoms with Crippen LogP contribution >= 0.6 is 11.8 Å². The minimum absolute atomic E-state index is 0.00309. The molecule has 2 saturated heterocycles. The lowest BCUT2D eigenvalue weighted by molar-refractivity contribution is -0.116. The number of carbonyl (C=O) groups is 2. The predicted octanol–water partition coefficient (Wildman–Crippen LogP) is 3.17. The Morgan fingerprint density at radius 1 is 1.04 bits per heavy atom. The molecular formula is C17H23N3O2S. The van der Waals surface area contributed by atoms with Gasteiger partial charge in [0.25, 0.3) is 5.24 Å². The molecule has 3 rings (SSSR count). The molecule has 0 atom stereocenters. The molecule has 2 amide bonds. The van der Waals surface area contributed by atoms with E-state index in [0.29, 0.717) is 6.54 Å². The zero-order chi connectivity index (χ0) is 16.1. The van der Waals surface area contributed by atoms with E-state index in [0.717, 1.165) is 24.5 Å². The third-order valence-electron chi connectivity index (χ3n) is 4.30. The molecule has 2 aliphatic heterocycles. The van der Waals surface area contributed by atoms with E-state index in [1.54, 1.807) is 4.90 Å². The number of anilines is 2. The molecule has 23 heavy (non-hydrogen) atoms. The van der Waals surface area contributed by atoms with E-state index in [4.69, 9.17) is 0 Å². The average molecular weight is 333 g/mol. The number of nitrogens with one attached hydrogen (secondary N) is 1. The second kappa shape index (κ2) is 7.73. The molecule has 0 aliphatic carbocycles. The summed E-state index contributed by atoms with van der Waals surface area (Å²) < 4.78 is 0. The molecule has 0 unspecified atom stereocenters. The molecule has 0 spiro atoms. The van der Waals surface area contributed by atoms with E-state index in [1.807, 2.05) is 12.1 Å². The number of hydrogen-bond acceptors (Lipinski definition) is 4. The van der Waals surface area contributed by atoms with Gasteiger partial charge in [0.15, 0.2) is 0 Å². The quantitative estimate of drug-likeness (QED) is 0.919. The van der Waals surface area contributed by atoms with Crippen LogP contribution in [0.15, 0.2) is 24.3 Å². The summed E-state index contributed by atoms with van der Waals surface area (Å²) in [6, 6.07) is 8.02. The maximum Gasteiger partial charge on any atom is 0.282 e. The van der Waals surface area contributed by atoms with Crippen LogP contribution in [0.3, 0.4) is 0 Å². The number of hydrogen-bond donors (Lipinski definition) is 1. The van der Waals surface area contributed by atoms with Crippen molar-refractivity contribution in [2.45, 2.75) is 25.7 Å². The van der Waals surface area contributed by atoms with Crippen molar-refractivity contribution in [3.05, 3.63) is 24.3 Å². The Morgan fingerprint density at radius 2 is 1.74 bits per heavy atom. The van der Waals surface area contributed by atoms with E-state index in [2.05, 4.69) is 22.3 Å². The van der Waals surface area contributed by atoms with E-state index in [1.165, 1.54) is 43.1 Å². The maximum atomic E-state index is 12.0. The molecule has 1 N–H and O–H groups in total. The Hall–Kier alpha value is -1.69. The fourth-order valence-corrected chi connectivity index (χ4v) is 3.85. The summed E-state index contributed by atoms with van der Waals surface area (Å²) in [5.74, 6) is 0.639. The van der Waals surface area contributed by atoms with Crippen LogP contribution in [0.2, 0.25) is 0 Å². The highest BCUT2D eigenvalue weighted by atomic mass is 32.2. The topological polar surface area (TPSA) is 52.7 Å². The van der Waals surface area contributed by atoms with Crippen LogP contribution in [0.5, 0.6) is 0 Å². The van der Waals surface area contributed by atoms with Crippen molar-refractivity contribution in [2.24, 2.45) is 0 Å². The largest absolute Gasteiger partial charge is 0.372 e. The molecule has 0 bridgehead atoms. The molecule has 1 aromatic rings. The molecule has 0 radical (unpaired) electrons. The number of benzene rings is 1. The third kappa shape index (κ3) is 4.41. The van der Waals surface area contributed by atoms with E-state index >= 15 is 0 Å². The fraction of sp³-hybridized carbons (Fsp3) is 0.529. The molecule has 1 aromatic carbocycles. The second-order valence-electron chi connectivity index (χ2n) is 6.03. The zero-order valence-corrected chi connectivity index (χ0v) is 14.1. The minimum Gasteiger partial charge on any atom is -0.372 e. The van der Waals surface area contributed by atoms with Crippen molar-refractivity contribution in [1.29, 1.82) is 0 Å². The summed E-state index contributed by atoms with van der Waals surface area (Å²) in [4.78, 5) is 27.5. The molecule has 0 aromatic heterocycles. The van der Waals surface area contributed by atoms with Crippen molar-refractivity contribution in [1.82, 2.24) is 4.90 Å². The van der Waals surface area contributed by atoms with Gasteiger partial charge in [-0.2, -0.15) is 0 Å². The number of nitrogens with zero attached hydrogens (tertiary/aromatic N) is 2. The van der Waals surface area contributed by atoms with Gasteiger partial charge in [0.05, 0.1) is 0 Å². The first-order valence-corrected chi connectivity index (χ1v) is 9.27. The van der Waals surface area contributed by atoms with Crippen LogP contribution in [0.25, 0.3) is 0 Å². The lowest BCUT2D eigenvalue weighted by Crippen LogP contribution is -2.33. The van der Waals surface area contributed by atoms with Gasteiger partial charge in [-0.25, -0.2) is 0 Å². The van der Waals surface area contributed by atoms with Crippen molar-refractivity contribution in [3.8, 4) is 0 Å². The molecule has 2 fully saturated rings. The molecule has 6 heteroatoms. The highest BCUT2D eigenvalue weighted by Gasteiger charge is 2.23. The summed E-state index contributed by atoms with van der Waals surface area (Å²) in [6.45, 7) is 3.02. The van der Waals surface area contributed by atoms with E-state index in [-0.39, 0.29) is 17.7 Å². The molecule has 2 aliphatic rings. The first kappa shape index (κ1) is 16.2. The lowest BCUT2D eigenvalue weighted by Gasteiger charge is -2.23. The van der Waals surface area contributed by atoms with Crippen LogP contribution in [-0.4, -0.2) is 48.0 Å². The Kier molecular flexibility index (Phi) is 5.43. The Bertz CT molecular complexity index is 553. The first-order chi connectivity index (χ1) is 11.2. The van der Waals surface area contributed by atoms with Gasteiger partial charge in [-0.1, -0.05) is 24.6 Å². The predicted molar refractivity (Wildman–Crippen MR) is 95.2 cm³/mol. The average Bonchev–Trinajstić information content (AvgIpc) is 2.79. The lowest BCUT2D eigenvalue weighted by atomic mass is 10.2. The van der Waals surface area contributed by atoms with Gasteiger partial charge in [-0.3, -0.25) is 9.59 Å². The Labute approximate surface area is 141 Å². The van der Waals surface area contributed by atoms with Gasteiger partial charge >= 0.3 is 0 Å². The van der Waals surface area contributed by atoms with Gasteiger partial charge in [0.2, 0.25) is 5.91 Å². The Balaban J connectivity index is 1.54. The van der Waals surface area contributed by atoms with Gasteiger partial charge < -0.3 is 15.1 Å². The van der Waals surface area contributed by atoms with Crippen LogP contribution in [0, 0.1) is 0 Å². The zero-order valence-electron chi connectivity index (χ0n) is 13.3.